The van der Waals surface area contributed by atoms with Gasteiger partial charge in [0.25, 0.3) is 0 Å². The number of rotatable bonds is 2. The highest BCUT2D eigenvalue weighted by molar-refractivity contribution is 7.98. The largest absolute Gasteiger partial charge is 0.396 e. The molecular formula is C13H12FNS. The molecule has 0 aliphatic rings. The predicted molar refractivity (Wildman–Crippen MR) is 68.0 cm³/mol. The third-order valence-electron chi connectivity index (χ3n) is 2.42. The summed E-state index contributed by atoms with van der Waals surface area (Å²) in [5.41, 5.74) is 7.46. The first-order valence-corrected chi connectivity index (χ1v) is 6.12. The van der Waals surface area contributed by atoms with Crippen LogP contribution in [-0.4, -0.2) is 6.26 Å². The van der Waals surface area contributed by atoms with E-state index in [1.165, 1.54) is 11.0 Å². The van der Waals surface area contributed by atoms with Crippen molar-refractivity contribution >= 4 is 17.4 Å². The van der Waals surface area contributed by atoms with Crippen LogP contribution in [0.3, 0.4) is 0 Å². The second-order valence-corrected chi connectivity index (χ2v) is 4.34. The second-order valence-electron chi connectivity index (χ2n) is 3.46. The quantitative estimate of drug-likeness (QED) is 0.630. The van der Waals surface area contributed by atoms with E-state index in [1.54, 1.807) is 17.8 Å². The molecule has 0 aliphatic carbocycles. The van der Waals surface area contributed by atoms with Gasteiger partial charge in [0, 0.05) is 4.90 Å². The van der Waals surface area contributed by atoms with Crippen LogP contribution in [0.4, 0.5) is 10.1 Å². The third kappa shape index (κ3) is 2.19. The molecule has 0 spiro atoms. The number of nitrogens with two attached hydrogens (primary N) is 1. The predicted octanol–water partition coefficient (Wildman–Crippen LogP) is 3.80. The van der Waals surface area contributed by atoms with Gasteiger partial charge in [0.15, 0.2) is 0 Å². The van der Waals surface area contributed by atoms with Crippen LogP contribution in [0.1, 0.15) is 0 Å². The maximum atomic E-state index is 13.3. The molecule has 0 unspecified atom stereocenters. The minimum atomic E-state index is -0.369. The van der Waals surface area contributed by atoms with Gasteiger partial charge in [-0.25, -0.2) is 4.39 Å². The Balaban J connectivity index is 2.38. The summed E-state index contributed by atoms with van der Waals surface area (Å²) in [5.74, 6) is -0.369. The van der Waals surface area contributed by atoms with Crippen LogP contribution < -0.4 is 5.73 Å². The summed E-state index contributed by atoms with van der Waals surface area (Å²) in [6.45, 7) is 0. The van der Waals surface area contributed by atoms with Gasteiger partial charge in [-0.1, -0.05) is 18.2 Å². The fourth-order valence-corrected chi connectivity index (χ4v) is 1.90. The average molecular weight is 233 g/mol. The summed E-state index contributed by atoms with van der Waals surface area (Å²) >= 11 is 1.68. The average Bonchev–Trinajstić information content (AvgIpc) is 2.33. The summed E-state index contributed by atoms with van der Waals surface area (Å²) in [6.07, 6.45) is 2.03. The lowest BCUT2D eigenvalue weighted by Crippen LogP contribution is -1.90. The monoisotopic (exact) mass is 233 g/mol. The van der Waals surface area contributed by atoms with E-state index in [1.807, 2.05) is 36.6 Å². The zero-order valence-corrected chi connectivity index (χ0v) is 9.72. The Morgan fingerprint density at radius 2 is 1.62 bits per heavy atom. The Labute approximate surface area is 98.5 Å². The summed E-state index contributed by atoms with van der Waals surface area (Å²) < 4.78 is 13.3. The number of hydrogen-bond acceptors (Lipinski definition) is 2. The Bertz CT molecular complexity index is 494. The molecule has 0 fully saturated rings. The van der Waals surface area contributed by atoms with Crippen molar-refractivity contribution in [2.24, 2.45) is 0 Å². The van der Waals surface area contributed by atoms with Crippen LogP contribution in [0.25, 0.3) is 11.1 Å². The number of anilines is 1. The van der Waals surface area contributed by atoms with Crippen molar-refractivity contribution in [2.45, 2.75) is 4.90 Å². The molecule has 0 heterocycles. The Morgan fingerprint density at radius 1 is 1.00 bits per heavy atom. The molecule has 0 saturated carbocycles. The minimum Gasteiger partial charge on any atom is -0.396 e. The summed E-state index contributed by atoms with van der Waals surface area (Å²) in [6, 6.07) is 12.9. The van der Waals surface area contributed by atoms with E-state index >= 15 is 0 Å². The first-order valence-electron chi connectivity index (χ1n) is 4.90. The summed E-state index contributed by atoms with van der Waals surface area (Å²) in [4.78, 5) is 1.19. The van der Waals surface area contributed by atoms with E-state index in [2.05, 4.69) is 0 Å². The number of benzene rings is 2. The second kappa shape index (κ2) is 4.58. The molecular weight excluding hydrogens is 221 g/mol. The van der Waals surface area contributed by atoms with Crippen LogP contribution in [0.15, 0.2) is 47.4 Å². The molecule has 0 amide bonds. The normalized spacial score (nSPS) is 10.4. The van der Waals surface area contributed by atoms with Crippen molar-refractivity contribution in [1.82, 2.24) is 0 Å². The van der Waals surface area contributed by atoms with Gasteiger partial charge in [-0.2, -0.15) is 0 Å². The van der Waals surface area contributed by atoms with E-state index in [-0.39, 0.29) is 11.5 Å². The summed E-state index contributed by atoms with van der Waals surface area (Å²) in [5, 5.41) is 0. The molecule has 2 aromatic rings. The molecule has 0 bridgehead atoms. The van der Waals surface area contributed by atoms with Crippen LogP contribution in [0.2, 0.25) is 0 Å². The van der Waals surface area contributed by atoms with E-state index in [0.717, 1.165) is 11.1 Å². The highest BCUT2D eigenvalue weighted by atomic mass is 32.2. The maximum absolute atomic E-state index is 13.3. The molecule has 0 aromatic heterocycles. The lowest BCUT2D eigenvalue weighted by Gasteiger charge is -2.04. The van der Waals surface area contributed by atoms with Crippen LogP contribution in [-0.2, 0) is 0 Å². The topological polar surface area (TPSA) is 26.0 Å². The van der Waals surface area contributed by atoms with Crippen molar-refractivity contribution in [1.29, 1.82) is 0 Å². The number of nitrogen functional groups attached to an aromatic ring is 1. The van der Waals surface area contributed by atoms with Gasteiger partial charge < -0.3 is 5.73 Å². The molecule has 0 saturated heterocycles. The van der Waals surface area contributed by atoms with Crippen LogP contribution in [0, 0.1) is 5.82 Å². The highest BCUT2D eigenvalue weighted by Crippen LogP contribution is 2.25. The minimum absolute atomic E-state index is 0.185. The number of thioether (sulfide) groups is 1. The van der Waals surface area contributed by atoms with Gasteiger partial charge in [0.2, 0.25) is 0 Å². The van der Waals surface area contributed by atoms with Gasteiger partial charge in [-0.3, -0.25) is 0 Å². The Hall–Kier alpha value is -1.48. The Morgan fingerprint density at radius 3 is 2.19 bits per heavy atom. The van der Waals surface area contributed by atoms with Crippen molar-refractivity contribution in [3.8, 4) is 11.1 Å². The fourth-order valence-electron chi connectivity index (χ4n) is 1.49. The standard InChI is InChI=1S/C13H12FNS/c1-16-11-5-2-9(3-6-11)10-4-7-13(15)12(14)8-10/h2-8H,15H2,1H3. The molecule has 3 heteroatoms. The third-order valence-corrected chi connectivity index (χ3v) is 3.17. The van der Waals surface area contributed by atoms with Crippen molar-refractivity contribution in [3.05, 3.63) is 48.3 Å². The zero-order valence-electron chi connectivity index (χ0n) is 8.91. The molecule has 16 heavy (non-hydrogen) atoms. The van der Waals surface area contributed by atoms with Crippen molar-refractivity contribution < 1.29 is 4.39 Å². The smallest absolute Gasteiger partial charge is 0.146 e. The Kier molecular flexibility index (Phi) is 3.15. The molecule has 0 atom stereocenters. The van der Waals surface area contributed by atoms with Crippen molar-refractivity contribution in [3.63, 3.8) is 0 Å². The molecule has 2 N–H and O–H groups in total. The van der Waals surface area contributed by atoms with E-state index in [0.29, 0.717) is 0 Å². The van der Waals surface area contributed by atoms with Gasteiger partial charge >= 0.3 is 0 Å². The lowest BCUT2D eigenvalue weighted by atomic mass is 10.1. The SMILES string of the molecule is CSc1ccc(-c2ccc(N)c(F)c2)cc1. The molecule has 0 radical (unpaired) electrons. The number of hydrogen-bond donors (Lipinski definition) is 1. The van der Waals surface area contributed by atoms with Gasteiger partial charge in [0.1, 0.15) is 5.82 Å². The van der Waals surface area contributed by atoms with Crippen LogP contribution in [0.5, 0.6) is 0 Å². The van der Waals surface area contributed by atoms with Gasteiger partial charge in [-0.05, 0) is 41.6 Å². The molecule has 2 rings (SSSR count). The maximum Gasteiger partial charge on any atom is 0.146 e. The highest BCUT2D eigenvalue weighted by Gasteiger charge is 2.02. The van der Waals surface area contributed by atoms with E-state index in [4.69, 9.17) is 5.73 Å². The first kappa shape index (κ1) is 11.0. The molecule has 1 nitrogen and oxygen atoms in total. The fraction of sp³-hybridized carbons (Fsp3) is 0.0769. The molecule has 0 aliphatic heterocycles. The first-order chi connectivity index (χ1) is 7.70. The van der Waals surface area contributed by atoms with E-state index < -0.39 is 0 Å². The molecule has 82 valence electrons. The van der Waals surface area contributed by atoms with Crippen LogP contribution >= 0.6 is 11.8 Å². The lowest BCUT2D eigenvalue weighted by molar-refractivity contribution is 0.633. The van der Waals surface area contributed by atoms with Gasteiger partial charge in [-0.15, -0.1) is 11.8 Å². The molecule has 2 aromatic carbocycles. The number of halogens is 1. The van der Waals surface area contributed by atoms with Gasteiger partial charge in [0.05, 0.1) is 5.69 Å². The zero-order chi connectivity index (χ0) is 11.5. The van der Waals surface area contributed by atoms with Crippen molar-refractivity contribution in [2.75, 3.05) is 12.0 Å². The van der Waals surface area contributed by atoms with E-state index in [9.17, 15) is 4.39 Å². The summed E-state index contributed by atoms with van der Waals surface area (Å²) in [7, 11) is 0.